The molecule has 146 valence electrons. The Morgan fingerprint density at radius 1 is 0.900 bits per heavy atom. The number of nitrogens with two attached hydrogens (primary N) is 1. The number of rotatable bonds is 4. The van der Waals surface area contributed by atoms with E-state index in [1.165, 1.54) is 6.33 Å². The van der Waals surface area contributed by atoms with Crippen LogP contribution in [-0.2, 0) is 0 Å². The molecule has 0 bridgehead atoms. The smallest absolute Gasteiger partial charge is 0.248 e. The lowest BCUT2D eigenvalue weighted by Gasteiger charge is -2.14. The van der Waals surface area contributed by atoms with Crippen LogP contribution < -0.4 is 15.8 Å². The van der Waals surface area contributed by atoms with Crippen LogP contribution in [0.2, 0.25) is 0 Å². The lowest BCUT2D eigenvalue weighted by atomic mass is 10.1. The second-order valence-electron chi connectivity index (χ2n) is 6.82. The van der Waals surface area contributed by atoms with Gasteiger partial charge in [-0.2, -0.15) is 4.98 Å². The van der Waals surface area contributed by atoms with Gasteiger partial charge in [-0.1, -0.05) is 24.3 Å². The Kier molecular flexibility index (Phi) is 4.33. The zero-order valence-corrected chi connectivity index (χ0v) is 16.2. The van der Waals surface area contributed by atoms with E-state index < -0.39 is 0 Å². The van der Waals surface area contributed by atoms with Gasteiger partial charge < -0.3 is 15.8 Å². The van der Waals surface area contributed by atoms with Crippen molar-refractivity contribution in [2.75, 3.05) is 11.1 Å². The molecule has 7 nitrogen and oxygen atoms in total. The number of nitrogens with one attached hydrogen (secondary N) is 1. The third-order valence-electron chi connectivity index (χ3n) is 4.77. The Hall–Kier alpha value is -4.26. The van der Waals surface area contributed by atoms with Gasteiger partial charge in [-0.05, 0) is 43.3 Å². The van der Waals surface area contributed by atoms with Gasteiger partial charge >= 0.3 is 0 Å². The van der Waals surface area contributed by atoms with Crippen molar-refractivity contribution < 1.29 is 4.74 Å². The molecular formula is C23H18N6O. The number of benzene rings is 2. The number of para-hydroxylation sites is 1. The van der Waals surface area contributed by atoms with E-state index in [2.05, 4.69) is 25.3 Å². The van der Waals surface area contributed by atoms with Crippen molar-refractivity contribution in [3.63, 3.8) is 0 Å². The Labute approximate surface area is 172 Å². The van der Waals surface area contributed by atoms with E-state index in [0.717, 1.165) is 33.2 Å². The highest BCUT2D eigenvalue weighted by Crippen LogP contribution is 2.34. The van der Waals surface area contributed by atoms with E-state index in [1.807, 2.05) is 67.6 Å². The van der Waals surface area contributed by atoms with Crippen LogP contribution in [0.3, 0.4) is 0 Å². The molecule has 3 N–H and O–H groups in total. The molecule has 0 radical (unpaired) electrons. The molecule has 0 aliphatic carbocycles. The highest BCUT2D eigenvalue weighted by atomic mass is 16.5. The number of aryl methyl sites for hydroxylation is 1. The van der Waals surface area contributed by atoms with Crippen molar-refractivity contribution in [3.8, 4) is 11.6 Å². The van der Waals surface area contributed by atoms with E-state index in [9.17, 15) is 0 Å². The summed E-state index contributed by atoms with van der Waals surface area (Å²) in [5, 5.41) is 5.23. The van der Waals surface area contributed by atoms with Crippen LogP contribution in [0.25, 0.3) is 21.8 Å². The number of hydrogen-bond donors (Lipinski definition) is 2. The van der Waals surface area contributed by atoms with Gasteiger partial charge in [0.05, 0.1) is 5.52 Å². The molecule has 3 aromatic heterocycles. The highest BCUT2D eigenvalue weighted by Gasteiger charge is 2.13. The molecule has 0 aliphatic rings. The SMILES string of the molecule is Cc1ccc2c(Nc3ncnc(Oc4cccc5cccnc45)c3N)cccc2n1. The summed E-state index contributed by atoms with van der Waals surface area (Å²) in [5.41, 5.74) is 10.1. The van der Waals surface area contributed by atoms with Gasteiger partial charge in [0, 0.05) is 28.4 Å². The Morgan fingerprint density at radius 3 is 2.70 bits per heavy atom. The second kappa shape index (κ2) is 7.29. The van der Waals surface area contributed by atoms with Gasteiger partial charge in [0.2, 0.25) is 5.88 Å². The maximum atomic E-state index is 6.34. The predicted octanol–water partition coefficient (Wildman–Crippen LogP) is 5.00. The lowest BCUT2D eigenvalue weighted by molar-refractivity contribution is 0.469. The van der Waals surface area contributed by atoms with Gasteiger partial charge in [-0.25, -0.2) is 4.98 Å². The molecule has 3 heterocycles. The summed E-state index contributed by atoms with van der Waals surface area (Å²) in [6.45, 7) is 1.97. The molecule has 0 saturated heterocycles. The van der Waals surface area contributed by atoms with E-state index >= 15 is 0 Å². The van der Waals surface area contributed by atoms with Crippen molar-refractivity contribution in [3.05, 3.63) is 78.9 Å². The van der Waals surface area contributed by atoms with Crippen LogP contribution in [0.5, 0.6) is 11.6 Å². The summed E-state index contributed by atoms with van der Waals surface area (Å²) in [5.74, 6) is 1.30. The molecule has 0 atom stereocenters. The Balaban J connectivity index is 1.51. The van der Waals surface area contributed by atoms with Gasteiger partial charge in [-0.15, -0.1) is 0 Å². The summed E-state index contributed by atoms with van der Waals surface area (Å²) in [7, 11) is 0. The standard InChI is InChI=1S/C23H18N6O/c1-14-10-11-16-17(28-14)7-3-8-18(16)29-22-20(24)23(27-13-26-22)30-19-9-2-5-15-6-4-12-25-21(15)19/h2-13H,24H2,1H3,(H,26,27,29). The number of fused-ring (bicyclic) bond motifs is 2. The molecule has 30 heavy (non-hydrogen) atoms. The minimum absolute atomic E-state index is 0.264. The summed E-state index contributed by atoms with van der Waals surface area (Å²) in [4.78, 5) is 17.5. The number of aromatic nitrogens is 4. The van der Waals surface area contributed by atoms with Crippen LogP contribution >= 0.6 is 0 Å². The van der Waals surface area contributed by atoms with E-state index in [4.69, 9.17) is 10.5 Å². The third kappa shape index (κ3) is 3.22. The van der Waals surface area contributed by atoms with Gasteiger partial charge in [0.1, 0.15) is 17.5 Å². The molecule has 0 unspecified atom stereocenters. The van der Waals surface area contributed by atoms with Crippen molar-refractivity contribution in [1.29, 1.82) is 0 Å². The average molecular weight is 394 g/mol. The van der Waals surface area contributed by atoms with Crippen molar-refractivity contribution >= 4 is 39.0 Å². The predicted molar refractivity (Wildman–Crippen MR) is 118 cm³/mol. The molecule has 2 aromatic carbocycles. The molecule has 7 heteroatoms. The Bertz CT molecular complexity index is 1380. The van der Waals surface area contributed by atoms with E-state index in [1.54, 1.807) is 6.20 Å². The third-order valence-corrected chi connectivity index (χ3v) is 4.77. The number of pyridine rings is 2. The fourth-order valence-electron chi connectivity index (χ4n) is 3.32. The number of nitrogen functional groups attached to an aromatic ring is 1. The first-order valence-corrected chi connectivity index (χ1v) is 9.44. The number of anilines is 3. The zero-order valence-electron chi connectivity index (χ0n) is 16.2. The van der Waals surface area contributed by atoms with Crippen molar-refractivity contribution in [1.82, 2.24) is 19.9 Å². The minimum atomic E-state index is 0.264. The molecule has 0 spiro atoms. The summed E-state index contributed by atoms with van der Waals surface area (Å²) >= 11 is 0. The fraction of sp³-hybridized carbons (Fsp3) is 0.0435. The van der Waals surface area contributed by atoms with Crippen LogP contribution in [0, 0.1) is 6.92 Å². The van der Waals surface area contributed by atoms with Gasteiger partial charge in [-0.3, -0.25) is 9.97 Å². The molecule has 0 fully saturated rings. The first-order chi connectivity index (χ1) is 14.7. The monoisotopic (exact) mass is 394 g/mol. The maximum Gasteiger partial charge on any atom is 0.248 e. The van der Waals surface area contributed by atoms with Gasteiger partial charge in [0.15, 0.2) is 11.6 Å². The first kappa shape index (κ1) is 17.8. The largest absolute Gasteiger partial charge is 0.435 e. The van der Waals surface area contributed by atoms with Crippen LogP contribution in [0.4, 0.5) is 17.2 Å². The second-order valence-corrected chi connectivity index (χ2v) is 6.82. The number of nitrogens with zero attached hydrogens (tertiary/aromatic N) is 4. The first-order valence-electron chi connectivity index (χ1n) is 9.44. The van der Waals surface area contributed by atoms with Crippen molar-refractivity contribution in [2.24, 2.45) is 0 Å². The fourth-order valence-corrected chi connectivity index (χ4v) is 3.32. The molecule has 5 aromatic rings. The zero-order chi connectivity index (χ0) is 20.5. The molecule has 0 saturated carbocycles. The van der Waals surface area contributed by atoms with E-state index in [0.29, 0.717) is 17.3 Å². The van der Waals surface area contributed by atoms with Gasteiger partial charge in [0.25, 0.3) is 0 Å². The average Bonchev–Trinajstić information content (AvgIpc) is 2.76. The summed E-state index contributed by atoms with van der Waals surface area (Å²) in [6.07, 6.45) is 3.14. The lowest BCUT2D eigenvalue weighted by Crippen LogP contribution is -2.04. The van der Waals surface area contributed by atoms with Crippen molar-refractivity contribution in [2.45, 2.75) is 6.92 Å². The number of hydrogen-bond acceptors (Lipinski definition) is 7. The number of ether oxygens (including phenoxy) is 1. The quantitative estimate of drug-likeness (QED) is 0.442. The normalized spacial score (nSPS) is 11.0. The Morgan fingerprint density at radius 2 is 1.77 bits per heavy atom. The molecular weight excluding hydrogens is 376 g/mol. The molecule has 0 amide bonds. The highest BCUT2D eigenvalue weighted by molar-refractivity contribution is 5.94. The molecule has 0 aliphatic heterocycles. The van der Waals surface area contributed by atoms with Crippen LogP contribution in [0.1, 0.15) is 5.69 Å². The minimum Gasteiger partial charge on any atom is -0.435 e. The van der Waals surface area contributed by atoms with Crippen LogP contribution in [0.15, 0.2) is 73.2 Å². The van der Waals surface area contributed by atoms with Crippen LogP contribution in [-0.4, -0.2) is 19.9 Å². The summed E-state index contributed by atoms with van der Waals surface area (Å²) in [6, 6.07) is 19.4. The topological polar surface area (TPSA) is 98.8 Å². The maximum absolute atomic E-state index is 6.34. The summed E-state index contributed by atoms with van der Waals surface area (Å²) < 4.78 is 6.01. The molecule has 5 rings (SSSR count). The van der Waals surface area contributed by atoms with E-state index in [-0.39, 0.29) is 5.88 Å².